The van der Waals surface area contributed by atoms with Gasteiger partial charge in [0.05, 0.1) is 6.10 Å². The minimum Gasteiger partial charge on any atom is -0.392 e. The van der Waals surface area contributed by atoms with Gasteiger partial charge in [0.1, 0.15) is 3.53 Å². The molecule has 0 aliphatic carbocycles. The molecular formula is C17H27NOS3. The van der Waals surface area contributed by atoms with Crippen LogP contribution in [0.5, 0.6) is 0 Å². The van der Waals surface area contributed by atoms with Crippen molar-refractivity contribution in [1.29, 1.82) is 0 Å². The first-order chi connectivity index (χ1) is 10.7. The second-order valence-electron chi connectivity index (χ2n) is 5.42. The van der Waals surface area contributed by atoms with E-state index >= 15 is 0 Å². The molecule has 1 rings (SSSR count). The Kier molecular flexibility index (Phi) is 12.1. The van der Waals surface area contributed by atoms with E-state index in [0.29, 0.717) is 0 Å². The fourth-order valence-electron chi connectivity index (χ4n) is 2.07. The third-order valence-electron chi connectivity index (χ3n) is 3.39. The summed E-state index contributed by atoms with van der Waals surface area (Å²) in [5.74, 6) is 1.60. The van der Waals surface area contributed by atoms with Crippen LogP contribution in [0, 0.1) is 0 Å². The van der Waals surface area contributed by atoms with Crippen molar-refractivity contribution in [2.24, 2.45) is 0 Å². The van der Waals surface area contributed by atoms with E-state index in [1.54, 1.807) is 35.9 Å². The van der Waals surface area contributed by atoms with Crippen LogP contribution in [0.25, 0.3) is 0 Å². The Hall–Kier alpha value is -0.100. The topological polar surface area (TPSA) is 33.1 Å². The maximum Gasteiger partial charge on any atom is 0.104 e. The van der Waals surface area contributed by atoms with E-state index in [9.17, 15) is 5.11 Å². The molecule has 0 aromatic carbocycles. The van der Waals surface area contributed by atoms with Crippen molar-refractivity contribution in [2.75, 3.05) is 5.75 Å². The molecule has 22 heavy (non-hydrogen) atoms. The molecule has 0 aliphatic rings. The van der Waals surface area contributed by atoms with Crippen LogP contribution in [0.1, 0.15) is 57.4 Å². The van der Waals surface area contributed by atoms with Crippen LogP contribution < -0.4 is 0 Å². The predicted molar refractivity (Wildman–Crippen MR) is 105 cm³/mol. The lowest BCUT2D eigenvalue weighted by Crippen LogP contribution is -2.10. The van der Waals surface area contributed by atoms with Gasteiger partial charge in [-0.15, -0.1) is 23.5 Å². The first-order valence-corrected chi connectivity index (χ1v) is 10.5. The van der Waals surface area contributed by atoms with E-state index in [-0.39, 0.29) is 6.10 Å². The average molecular weight is 358 g/mol. The van der Waals surface area contributed by atoms with Crippen molar-refractivity contribution in [3.8, 4) is 0 Å². The van der Waals surface area contributed by atoms with Crippen LogP contribution in [-0.4, -0.2) is 25.5 Å². The van der Waals surface area contributed by atoms with Gasteiger partial charge in [0.2, 0.25) is 0 Å². The lowest BCUT2D eigenvalue weighted by molar-refractivity contribution is 0.185. The number of unbranched alkanes of at least 4 members (excludes halogenated alkanes) is 5. The summed E-state index contributed by atoms with van der Waals surface area (Å²) < 4.78 is 0.916. The van der Waals surface area contributed by atoms with Crippen LogP contribution >= 0.6 is 35.7 Å². The molecule has 0 bridgehead atoms. The number of thiocarbonyl (C=S) groups is 1. The van der Waals surface area contributed by atoms with Crippen LogP contribution in [0.3, 0.4) is 0 Å². The molecule has 1 unspecified atom stereocenters. The van der Waals surface area contributed by atoms with Crippen molar-refractivity contribution in [3.63, 3.8) is 0 Å². The van der Waals surface area contributed by atoms with E-state index in [1.165, 1.54) is 37.7 Å². The highest BCUT2D eigenvalue weighted by Gasteiger charge is 2.07. The molecule has 1 heterocycles. The standard InChI is InChI=1S/C17H27NOS3/c1-2-3-4-5-6-7-8-16(19)14-22-17(20)21-13-15-9-11-18-12-10-15/h9-12,16,19H,2-8,13-14H2,1H3. The van der Waals surface area contributed by atoms with Gasteiger partial charge >= 0.3 is 0 Å². The number of aromatic nitrogens is 1. The Bertz CT molecular complexity index is 400. The number of hydrogen-bond acceptors (Lipinski definition) is 5. The number of nitrogens with zero attached hydrogens (tertiary/aromatic N) is 1. The molecule has 0 saturated heterocycles. The van der Waals surface area contributed by atoms with Gasteiger partial charge in [-0.05, 0) is 24.1 Å². The van der Waals surface area contributed by atoms with Crippen molar-refractivity contribution in [2.45, 2.75) is 63.7 Å². The Balaban J connectivity index is 2.01. The number of pyridine rings is 1. The van der Waals surface area contributed by atoms with E-state index in [4.69, 9.17) is 12.2 Å². The molecule has 2 nitrogen and oxygen atoms in total. The molecule has 0 spiro atoms. The summed E-state index contributed by atoms with van der Waals surface area (Å²) in [7, 11) is 0. The fourth-order valence-corrected chi connectivity index (χ4v) is 4.14. The summed E-state index contributed by atoms with van der Waals surface area (Å²) in [6.45, 7) is 2.23. The third-order valence-corrected chi connectivity index (χ3v) is 6.31. The van der Waals surface area contributed by atoms with Crippen LogP contribution in [0.15, 0.2) is 24.5 Å². The SMILES string of the molecule is CCCCCCCCC(O)CSC(=S)SCc1ccncc1. The second kappa shape index (κ2) is 13.3. The van der Waals surface area contributed by atoms with Gasteiger partial charge < -0.3 is 5.11 Å². The molecule has 1 N–H and O–H groups in total. The van der Waals surface area contributed by atoms with Gasteiger partial charge in [0, 0.05) is 23.9 Å². The maximum atomic E-state index is 9.99. The molecule has 124 valence electrons. The van der Waals surface area contributed by atoms with Crippen molar-refractivity contribution in [3.05, 3.63) is 30.1 Å². The van der Waals surface area contributed by atoms with Crippen LogP contribution in [-0.2, 0) is 5.75 Å². The van der Waals surface area contributed by atoms with Crippen molar-refractivity contribution in [1.82, 2.24) is 4.98 Å². The van der Waals surface area contributed by atoms with Gasteiger partial charge in [-0.3, -0.25) is 4.98 Å². The third kappa shape index (κ3) is 10.6. The first-order valence-electron chi connectivity index (χ1n) is 8.09. The summed E-state index contributed by atoms with van der Waals surface area (Å²) in [5.41, 5.74) is 1.23. The molecule has 1 atom stereocenters. The lowest BCUT2D eigenvalue weighted by Gasteiger charge is -2.10. The second-order valence-corrected chi connectivity index (χ2v) is 8.61. The monoisotopic (exact) mass is 357 g/mol. The highest BCUT2D eigenvalue weighted by atomic mass is 32.2. The van der Waals surface area contributed by atoms with Gasteiger partial charge in [0.25, 0.3) is 0 Å². The minimum atomic E-state index is -0.226. The Labute approximate surface area is 148 Å². The Morgan fingerprint density at radius 3 is 2.55 bits per heavy atom. The first kappa shape index (κ1) is 19.9. The molecule has 1 aromatic rings. The smallest absolute Gasteiger partial charge is 0.104 e. The highest BCUT2D eigenvalue weighted by molar-refractivity contribution is 8.46. The lowest BCUT2D eigenvalue weighted by atomic mass is 10.1. The molecule has 5 heteroatoms. The van der Waals surface area contributed by atoms with Gasteiger partial charge in [0.15, 0.2) is 0 Å². The van der Waals surface area contributed by atoms with Gasteiger partial charge in [-0.2, -0.15) is 0 Å². The molecular weight excluding hydrogens is 330 g/mol. The van der Waals surface area contributed by atoms with Crippen LogP contribution in [0.4, 0.5) is 0 Å². The summed E-state index contributed by atoms with van der Waals surface area (Å²) in [4.78, 5) is 4.00. The summed E-state index contributed by atoms with van der Waals surface area (Å²) >= 11 is 8.62. The molecule has 0 radical (unpaired) electrons. The molecule has 0 aliphatic heterocycles. The van der Waals surface area contributed by atoms with E-state index < -0.39 is 0 Å². The van der Waals surface area contributed by atoms with Crippen molar-refractivity contribution >= 4 is 39.3 Å². The predicted octanol–water partition coefficient (Wildman–Crippen LogP) is 5.44. The maximum absolute atomic E-state index is 9.99. The van der Waals surface area contributed by atoms with E-state index in [0.717, 1.165) is 27.9 Å². The quantitative estimate of drug-likeness (QED) is 0.421. The normalized spacial score (nSPS) is 12.3. The molecule has 0 fully saturated rings. The summed E-state index contributed by atoms with van der Waals surface area (Å²) in [6, 6.07) is 4.02. The zero-order chi connectivity index (χ0) is 16.0. The number of thioether (sulfide) groups is 2. The van der Waals surface area contributed by atoms with Crippen LogP contribution in [0.2, 0.25) is 0 Å². The largest absolute Gasteiger partial charge is 0.392 e. The number of rotatable bonds is 11. The molecule has 0 amide bonds. The van der Waals surface area contributed by atoms with E-state index in [2.05, 4.69) is 11.9 Å². The summed E-state index contributed by atoms with van der Waals surface area (Å²) in [6.07, 6.45) is 11.9. The molecule has 0 saturated carbocycles. The van der Waals surface area contributed by atoms with Gasteiger partial charge in [-0.1, -0.05) is 57.7 Å². The van der Waals surface area contributed by atoms with E-state index in [1.807, 2.05) is 12.1 Å². The average Bonchev–Trinajstić information content (AvgIpc) is 2.55. The summed E-state index contributed by atoms with van der Waals surface area (Å²) in [5, 5.41) is 9.99. The number of aliphatic hydroxyl groups is 1. The zero-order valence-corrected chi connectivity index (χ0v) is 15.8. The minimum absolute atomic E-state index is 0.226. The van der Waals surface area contributed by atoms with Crippen molar-refractivity contribution < 1.29 is 5.11 Å². The Morgan fingerprint density at radius 1 is 1.14 bits per heavy atom. The number of hydrogen-bond donors (Lipinski definition) is 1. The fraction of sp³-hybridized carbons (Fsp3) is 0.647. The number of aliphatic hydroxyl groups excluding tert-OH is 1. The Morgan fingerprint density at radius 2 is 1.82 bits per heavy atom. The van der Waals surface area contributed by atoms with Gasteiger partial charge in [-0.25, -0.2) is 0 Å². The zero-order valence-electron chi connectivity index (χ0n) is 13.4. The molecule has 1 aromatic heterocycles. The highest BCUT2D eigenvalue weighted by Crippen LogP contribution is 2.23.